The highest BCUT2D eigenvalue weighted by atomic mass is 79.9. The van der Waals surface area contributed by atoms with Crippen LogP contribution in [0.1, 0.15) is 10.4 Å². The first kappa shape index (κ1) is 12.9. The second-order valence-electron chi connectivity index (χ2n) is 3.64. The van der Waals surface area contributed by atoms with Gasteiger partial charge in [-0.3, -0.25) is 4.79 Å². The number of hydrogen-bond donors (Lipinski definition) is 2. The van der Waals surface area contributed by atoms with Crippen molar-refractivity contribution in [2.45, 2.75) is 0 Å². The zero-order valence-corrected chi connectivity index (χ0v) is 11.6. The molecule has 0 saturated carbocycles. The van der Waals surface area contributed by atoms with Gasteiger partial charge in [0.25, 0.3) is 5.91 Å². The van der Waals surface area contributed by atoms with Crippen LogP contribution in [0.2, 0.25) is 5.02 Å². The van der Waals surface area contributed by atoms with Crippen molar-refractivity contribution in [2.24, 2.45) is 0 Å². The van der Waals surface area contributed by atoms with Gasteiger partial charge >= 0.3 is 0 Å². The summed E-state index contributed by atoms with van der Waals surface area (Å²) in [5.41, 5.74) is 7.09. The average molecular weight is 326 g/mol. The van der Waals surface area contributed by atoms with Gasteiger partial charge in [0.05, 0.1) is 22.0 Å². The summed E-state index contributed by atoms with van der Waals surface area (Å²) in [6, 6.07) is 12.3. The molecule has 0 fully saturated rings. The number of rotatable bonds is 2. The minimum absolute atomic E-state index is 0.281. The second kappa shape index (κ2) is 5.42. The predicted octanol–water partition coefficient (Wildman–Crippen LogP) is 3.94. The molecule has 2 aromatic carbocycles. The van der Waals surface area contributed by atoms with Crippen molar-refractivity contribution in [3.05, 3.63) is 57.5 Å². The average Bonchev–Trinajstić information content (AvgIpc) is 2.35. The standard InChI is InChI=1S/C13H10BrClN2O/c14-9-5-1-2-7-11(9)17-13(18)8-4-3-6-10(15)12(8)16/h1-7H,16H2,(H,17,18). The summed E-state index contributed by atoms with van der Waals surface area (Å²) in [7, 11) is 0. The normalized spacial score (nSPS) is 10.1. The van der Waals surface area contributed by atoms with Crippen LogP contribution in [-0.4, -0.2) is 5.91 Å². The Morgan fingerprint density at radius 1 is 1.17 bits per heavy atom. The van der Waals surface area contributed by atoms with Crippen LogP contribution in [0.3, 0.4) is 0 Å². The first-order valence-corrected chi connectivity index (χ1v) is 6.36. The highest BCUT2D eigenvalue weighted by Crippen LogP contribution is 2.25. The van der Waals surface area contributed by atoms with Gasteiger partial charge < -0.3 is 11.1 Å². The van der Waals surface area contributed by atoms with E-state index >= 15 is 0 Å². The lowest BCUT2D eigenvalue weighted by molar-refractivity contribution is 0.102. The maximum absolute atomic E-state index is 12.1. The summed E-state index contributed by atoms with van der Waals surface area (Å²) in [6.45, 7) is 0. The van der Waals surface area contributed by atoms with E-state index in [0.717, 1.165) is 4.47 Å². The summed E-state index contributed by atoms with van der Waals surface area (Å²) < 4.78 is 0.805. The fraction of sp³-hybridized carbons (Fsp3) is 0. The third-order valence-corrected chi connectivity index (χ3v) is 3.44. The number of carbonyl (C=O) groups is 1. The highest BCUT2D eigenvalue weighted by molar-refractivity contribution is 9.10. The largest absolute Gasteiger partial charge is 0.397 e. The SMILES string of the molecule is Nc1c(Cl)cccc1C(=O)Nc1ccccc1Br. The molecule has 0 aromatic heterocycles. The second-order valence-corrected chi connectivity index (χ2v) is 4.90. The molecule has 0 spiro atoms. The number of amides is 1. The number of nitrogens with one attached hydrogen (secondary N) is 1. The molecule has 5 heteroatoms. The third-order valence-electron chi connectivity index (χ3n) is 2.42. The van der Waals surface area contributed by atoms with E-state index in [9.17, 15) is 4.79 Å². The Morgan fingerprint density at radius 2 is 1.89 bits per heavy atom. The van der Waals surface area contributed by atoms with Crippen LogP contribution < -0.4 is 11.1 Å². The summed E-state index contributed by atoms with van der Waals surface area (Å²) in [4.78, 5) is 12.1. The molecule has 1 amide bonds. The smallest absolute Gasteiger partial charge is 0.257 e. The van der Waals surface area contributed by atoms with Crippen LogP contribution >= 0.6 is 27.5 Å². The van der Waals surface area contributed by atoms with Crippen LogP contribution in [-0.2, 0) is 0 Å². The van der Waals surface area contributed by atoms with Gasteiger partial charge in [0, 0.05) is 4.47 Å². The van der Waals surface area contributed by atoms with E-state index in [4.69, 9.17) is 17.3 Å². The number of halogens is 2. The van der Waals surface area contributed by atoms with Crippen molar-refractivity contribution < 1.29 is 4.79 Å². The lowest BCUT2D eigenvalue weighted by Crippen LogP contribution is -2.14. The van der Waals surface area contributed by atoms with Crippen LogP contribution in [0, 0.1) is 0 Å². The van der Waals surface area contributed by atoms with Gasteiger partial charge in [-0.2, -0.15) is 0 Å². The fourth-order valence-corrected chi connectivity index (χ4v) is 2.05. The highest BCUT2D eigenvalue weighted by Gasteiger charge is 2.12. The number of nitrogen functional groups attached to an aromatic ring is 1. The van der Waals surface area contributed by atoms with Gasteiger partial charge in [-0.1, -0.05) is 29.8 Å². The Hall–Kier alpha value is -1.52. The number of benzene rings is 2. The maximum Gasteiger partial charge on any atom is 0.257 e. The minimum Gasteiger partial charge on any atom is -0.397 e. The Kier molecular flexibility index (Phi) is 3.89. The number of hydrogen-bond acceptors (Lipinski definition) is 2. The zero-order valence-electron chi connectivity index (χ0n) is 9.28. The molecule has 18 heavy (non-hydrogen) atoms. The monoisotopic (exact) mass is 324 g/mol. The van der Waals surface area contributed by atoms with Crippen molar-refractivity contribution in [1.82, 2.24) is 0 Å². The van der Waals surface area contributed by atoms with Crippen molar-refractivity contribution >= 4 is 44.8 Å². The molecule has 0 aliphatic rings. The van der Waals surface area contributed by atoms with Gasteiger partial charge in [0.1, 0.15) is 0 Å². The van der Waals surface area contributed by atoms with Crippen LogP contribution in [0.4, 0.5) is 11.4 Å². The van der Waals surface area contributed by atoms with Gasteiger partial charge in [0.15, 0.2) is 0 Å². The predicted molar refractivity (Wildman–Crippen MR) is 78.0 cm³/mol. The lowest BCUT2D eigenvalue weighted by atomic mass is 10.1. The van der Waals surface area contributed by atoms with Crippen LogP contribution in [0.25, 0.3) is 0 Å². The van der Waals surface area contributed by atoms with E-state index in [2.05, 4.69) is 21.2 Å². The van der Waals surface area contributed by atoms with Gasteiger partial charge in [-0.15, -0.1) is 0 Å². The van der Waals surface area contributed by atoms with Crippen molar-refractivity contribution in [3.8, 4) is 0 Å². The van der Waals surface area contributed by atoms with E-state index in [1.807, 2.05) is 18.2 Å². The molecule has 92 valence electrons. The van der Waals surface area contributed by atoms with Gasteiger partial charge in [-0.05, 0) is 40.2 Å². The van der Waals surface area contributed by atoms with Crippen molar-refractivity contribution in [1.29, 1.82) is 0 Å². The van der Waals surface area contributed by atoms with Crippen LogP contribution in [0.15, 0.2) is 46.9 Å². The maximum atomic E-state index is 12.1. The molecule has 0 aliphatic heterocycles. The van der Waals surface area contributed by atoms with Crippen molar-refractivity contribution in [2.75, 3.05) is 11.1 Å². The molecule has 2 aromatic rings. The molecule has 0 unspecified atom stereocenters. The molecule has 0 aliphatic carbocycles. The van der Waals surface area contributed by atoms with Crippen molar-refractivity contribution in [3.63, 3.8) is 0 Å². The molecule has 0 bridgehead atoms. The molecule has 0 radical (unpaired) electrons. The molecular formula is C13H10BrClN2O. The molecule has 2 rings (SSSR count). The third kappa shape index (κ3) is 2.66. The Labute approximate surface area is 118 Å². The van der Waals surface area contributed by atoms with E-state index in [1.54, 1.807) is 24.3 Å². The summed E-state index contributed by atoms with van der Waals surface area (Å²) in [6.07, 6.45) is 0. The van der Waals surface area contributed by atoms with E-state index in [0.29, 0.717) is 16.3 Å². The number of nitrogens with two attached hydrogens (primary N) is 1. The lowest BCUT2D eigenvalue weighted by Gasteiger charge is -2.09. The first-order chi connectivity index (χ1) is 8.59. The number of para-hydroxylation sites is 2. The minimum atomic E-state index is -0.290. The molecule has 0 atom stereocenters. The van der Waals surface area contributed by atoms with E-state index in [-0.39, 0.29) is 11.6 Å². The van der Waals surface area contributed by atoms with E-state index in [1.165, 1.54) is 0 Å². The van der Waals surface area contributed by atoms with E-state index < -0.39 is 0 Å². The topological polar surface area (TPSA) is 55.1 Å². The van der Waals surface area contributed by atoms with Gasteiger partial charge in [-0.25, -0.2) is 0 Å². The Morgan fingerprint density at radius 3 is 2.61 bits per heavy atom. The molecular weight excluding hydrogens is 316 g/mol. The molecule has 3 nitrogen and oxygen atoms in total. The Bertz CT molecular complexity index is 601. The molecule has 0 heterocycles. The summed E-state index contributed by atoms with van der Waals surface area (Å²) in [5.74, 6) is -0.290. The first-order valence-electron chi connectivity index (χ1n) is 5.19. The molecule has 3 N–H and O–H groups in total. The number of carbonyl (C=O) groups excluding carboxylic acids is 1. The summed E-state index contributed by atoms with van der Waals surface area (Å²) >= 11 is 9.24. The number of anilines is 2. The van der Waals surface area contributed by atoms with Crippen LogP contribution in [0.5, 0.6) is 0 Å². The zero-order chi connectivity index (χ0) is 13.1. The summed E-state index contributed by atoms with van der Waals surface area (Å²) in [5, 5.41) is 3.14. The molecule has 0 saturated heterocycles. The fourth-order valence-electron chi connectivity index (χ4n) is 1.49. The Balaban J connectivity index is 2.28. The van der Waals surface area contributed by atoms with Gasteiger partial charge in [0.2, 0.25) is 0 Å². The quantitative estimate of drug-likeness (QED) is 0.822.